The monoisotopic (exact) mass is 413 g/mol. The van der Waals surface area contributed by atoms with Crippen molar-refractivity contribution in [2.75, 3.05) is 13.7 Å². The molecule has 2 aromatic carbocycles. The quantitative estimate of drug-likeness (QED) is 0.324. The Kier molecular flexibility index (Phi) is 5.92. The van der Waals surface area contributed by atoms with E-state index in [1.807, 2.05) is 0 Å². The highest BCUT2D eigenvalue weighted by molar-refractivity contribution is 5.97. The predicted octanol–water partition coefficient (Wildman–Crippen LogP) is 2.58. The molecule has 1 heterocycles. The van der Waals surface area contributed by atoms with Crippen LogP contribution < -0.4 is 14.9 Å². The van der Waals surface area contributed by atoms with Gasteiger partial charge in [-0.05, 0) is 35.9 Å². The first-order valence-corrected chi connectivity index (χ1v) is 8.41. The van der Waals surface area contributed by atoms with Crippen LogP contribution in [0.25, 0.3) is 11.0 Å². The van der Waals surface area contributed by atoms with E-state index in [1.54, 1.807) is 12.1 Å². The van der Waals surface area contributed by atoms with E-state index in [0.29, 0.717) is 22.3 Å². The number of hydrogen-bond acceptors (Lipinski definition) is 8. The Labute approximate surface area is 168 Å². The zero-order valence-corrected chi connectivity index (χ0v) is 15.5. The van der Waals surface area contributed by atoms with Gasteiger partial charge in [-0.2, -0.15) is 5.10 Å². The number of nitro benzene ring substituents is 1. The zero-order valence-electron chi connectivity index (χ0n) is 15.5. The molecule has 1 amide bonds. The first-order valence-electron chi connectivity index (χ1n) is 8.41. The van der Waals surface area contributed by atoms with E-state index < -0.39 is 23.4 Å². The summed E-state index contributed by atoms with van der Waals surface area (Å²) in [7, 11) is 1.40. The number of rotatable bonds is 8. The number of carbonyl (C=O) groups excluding carboxylic acids is 1. The molecule has 30 heavy (non-hydrogen) atoms. The SMILES string of the molecule is COc1cc(/C=N\NC(=O)c2cc3cc([N+](=O)[O-])ccc3o2)ccc1OCC(=O)O. The standard InChI is InChI=1S/C19H15N3O8/c1-28-16-6-11(2-4-15(16)29-10-18(23)24)9-20-21-19(25)17-8-12-7-13(22(26)27)3-5-14(12)30-17/h2-9H,10H2,1H3,(H,21,25)(H,23,24)/b20-9-. The topological polar surface area (TPSA) is 154 Å². The number of furan rings is 1. The molecule has 154 valence electrons. The van der Waals surface area contributed by atoms with Gasteiger partial charge in [-0.1, -0.05) is 0 Å². The second-order valence-corrected chi connectivity index (χ2v) is 5.88. The van der Waals surface area contributed by atoms with Gasteiger partial charge in [0, 0.05) is 17.5 Å². The number of benzene rings is 2. The van der Waals surface area contributed by atoms with Crippen molar-refractivity contribution in [3.63, 3.8) is 0 Å². The molecular weight excluding hydrogens is 398 g/mol. The molecule has 0 aliphatic rings. The fourth-order valence-corrected chi connectivity index (χ4v) is 2.50. The van der Waals surface area contributed by atoms with Gasteiger partial charge in [0.2, 0.25) is 0 Å². The van der Waals surface area contributed by atoms with Crippen molar-refractivity contribution in [3.05, 3.63) is 63.9 Å². The molecule has 0 aliphatic heterocycles. The summed E-state index contributed by atoms with van der Waals surface area (Å²) in [5.74, 6) is -1.27. The van der Waals surface area contributed by atoms with E-state index in [0.717, 1.165) is 0 Å². The highest BCUT2D eigenvalue weighted by atomic mass is 16.6. The number of hydrazone groups is 1. The number of non-ortho nitro benzene ring substituents is 1. The lowest BCUT2D eigenvalue weighted by Gasteiger charge is -2.09. The van der Waals surface area contributed by atoms with Gasteiger partial charge in [0.15, 0.2) is 23.9 Å². The minimum Gasteiger partial charge on any atom is -0.493 e. The third-order valence-corrected chi connectivity index (χ3v) is 3.85. The molecule has 0 unspecified atom stereocenters. The number of methoxy groups -OCH3 is 1. The van der Waals surface area contributed by atoms with Gasteiger partial charge in [-0.25, -0.2) is 10.2 Å². The number of carboxylic acids is 1. The summed E-state index contributed by atoms with van der Waals surface area (Å²) in [5, 5.41) is 23.7. The van der Waals surface area contributed by atoms with Crippen molar-refractivity contribution >= 4 is 34.7 Å². The number of aliphatic carboxylic acids is 1. The fraction of sp³-hybridized carbons (Fsp3) is 0.105. The zero-order chi connectivity index (χ0) is 21.7. The molecule has 0 radical (unpaired) electrons. The van der Waals surface area contributed by atoms with Gasteiger partial charge < -0.3 is 19.0 Å². The molecule has 2 N–H and O–H groups in total. The summed E-state index contributed by atoms with van der Waals surface area (Å²) in [5.41, 5.74) is 3.06. The van der Waals surface area contributed by atoms with Crippen LogP contribution in [-0.4, -0.2) is 41.8 Å². The highest BCUT2D eigenvalue weighted by Gasteiger charge is 2.14. The van der Waals surface area contributed by atoms with Gasteiger partial charge in [-0.3, -0.25) is 14.9 Å². The summed E-state index contributed by atoms with van der Waals surface area (Å²) in [6.07, 6.45) is 1.34. The maximum absolute atomic E-state index is 12.2. The Morgan fingerprint density at radius 2 is 2.03 bits per heavy atom. The lowest BCUT2D eigenvalue weighted by molar-refractivity contribution is -0.384. The summed E-state index contributed by atoms with van der Waals surface area (Å²) < 4.78 is 15.6. The molecule has 3 rings (SSSR count). The Bertz CT molecular complexity index is 1150. The number of ether oxygens (including phenoxy) is 2. The van der Waals surface area contributed by atoms with Crippen molar-refractivity contribution in [1.82, 2.24) is 5.43 Å². The summed E-state index contributed by atoms with van der Waals surface area (Å²) in [4.78, 5) is 33.1. The van der Waals surface area contributed by atoms with E-state index in [9.17, 15) is 19.7 Å². The maximum Gasteiger partial charge on any atom is 0.341 e. The van der Waals surface area contributed by atoms with Crippen LogP contribution in [0.2, 0.25) is 0 Å². The lowest BCUT2D eigenvalue weighted by Crippen LogP contribution is -2.16. The molecule has 0 aliphatic carbocycles. The lowest BCUT2D eigenvalue weighted by atomic mass is 10.2. The second-order valence-electron chi connectivity index (χ2n) is 5.88. The van der Waals surface area contributed by atoms with Crippen LogP contribution in [0.5, 0.6) is 11.5 Å². The Morgan fingerprint density at radius 3 is 2.73 bits per heavy atom. The molecular formula is C19H15N3O8. The van der Waals surface area contributed by atoms with Crippen molar-refractivity contribution in [3.8, 4) is 11.5 Å². The molecule has 0 saturated carbocycles. The number of nitro groups is 1. The Balaban J connectivity index is 1.68. The van der Waals surface area contributed by atoms with Crippen molar-refractivity contribution in [1.29, 1.82) is 0 Å². The molecule has 3 aromatic rings. The molecule has 11 heteroatoms. The van der Waals surface area contributed by atoms with Gasteiger partial charge in [0.05, 0.1) is 18.2 Å². The molecule has 0 spiro atoms. The number of carbonyl (C=O) groups is 2. The van der Waals surface area contributed by atoms with E-state index in [-0.39, 0.29) is 17.2 Å². The highest BCUT2D eigenvalue weighted by Crippen LogP contribution is 2.27. The van der Waals surface area contributed by atoms with Crippen LogP contribution >= 0.6 is 0 Å². The van der Waals surface area contributed by atoms with Crippen molar-refractivity contribution in [2.24, 2.45) is 5.10 Å². The van der Waals surface area contributed by atoms with Crippen molar-refractivity contribution in [2.45, 2.75) is 0 Å². The predicted molar refractivity (Wildman–Crippen MR) is 104 cm³/mol. The number of carboxylic acid groups (broad SMARTS) is 1. The Hall–Kier alpha value is -4.41. The van der Waals surface area contributed by atoms with Crippen LogP contribution in [0.3, 0.4) is 0 Å². The van der Waals surface area contributed by atoms with Crippen molar-refractivity contribution < 1.29 is 33.5 Å². The average molecular weight is 413 g/mol. The minimum absolute atomic E-state index is 0.0577. The second kappa shape index (κ2) is 8.73. The average Bonchev–Trinajstić information content (AvgIpc) is 3.15. The molecule has 0 atom stereocenters. The summed E-state index contributed by atoms with van der Waals surface area (Å²) in [6.45, 7) is -0.513. The van der Waals surface area contributed by atoms with Crippen LogP contribution in [0, 0.1) is 10.1 Å². The van der Waals surface area contributed by atoms with Crippen LogP contribution in [0.15, 0.2) is 52.0 Å². The first kappa shape index (κ1) is 20.3. The minimum atomic E-state index is -1.12. The number of nitrogens with zero attached hydrogens (tertiary/aromatic N) is 2. The Morgan fingerprint density at radius 1 is 1.23 bits per heavy atom. The number of amides is 1. The van der Waals surface area contributed by atoms with Crippen LogP contribution in [-0.2, 0) is 4.79 Å². The molecule has 0 fully saturated rings. The van der Waals surface area contributed by atoms with Crippen LogP contribution in [0.4, 0.5) is 5.69 Å². The first-order chi connectivity index (χ1) is 14.4. The molecule has 0 bridgehead atoms. The molecule has 1 aromatic heterocycles. The van der Waals surface area contributed by atoms with Gasteiger partial charge in [0.25, 0.3) is 5.69 Å². The number of nitrogens with one attached hydrogen (secondary N) is 1. The summed E-state index contributed by atoms with van der Waals surface area (Å²) >= 11 is 0. The smallest absolute Gasteiger partial charge is 0.341 e. The van der Waals surface area contributed by atoms with Gasteiger partial charge in [0.1, 0.15) is 5.58 Å². The fourth-order valence-electron chi connectivity index (χ4n) is 2.50. The van der Waals surface area contributed by atoms with Gasteiger partial charge >= 0.3 is 11.9 Å². The van der Waals surface area contributed by atoms with Gasteiger partial charge in [-0.15, -0.1) is 0 Å². The van der Waals surface area contributed by atoms with Crippen LogP contribution in [0.1, 0.15) is 16.1 Å². The number of fused-ring (bicyclic) bond motifs is 1. The van der Waals surface area contributed by atoms with E-state index in [4.69, 9.17) is 19.0 Å². The maximum atomic E-state index is 12.2. The molecule has 0 saturated heterocycles. The normalized spacial score (nSPS) is 10.8. The largest absolute Gasteiger partial charge is 0.493 e. The number of hydrogen-bond donors (Lipinski definition) is 2. The van der Waals surface area contributed by atoms with E-state index >= 15 is 0 Å². The van der Waals surface area contributed by atoms with E-state index in [1.165, 1.54) is 43.7 Å². The van der Waals surface area contributed by atoms with E-state index in [2.05, 4.69) is 10.5 Å². The molecule has 11 nitrogen and oxygen atoms in total. The third kappa shape index (κ3) is 4.70. The third-order valence-electron chi connectivity index (χ3n) is 3.85. The summed E-state index contributed by atoms with van der Waals surface area (Å²) in [6, 6.07) is 10.0.